The minimum Gasteiger partial charge on any atom is -0.373 e. The molecule has 0 aliphatic carbocycles. The Hall–Kier alpha value is -1.89. The van der Waals surface area contributed by atoms with E-state index in [-0.39, 0.29) is 11.2 Å². The highest BCUT2D eigenvalue weighted by molar-refractivity contribution is 5.54. The molecule has 0 fully saturated rings. The van der Waals surface area contributed by atoms with E-state index in [0.717, 1.165) is 0 Å². The fraction of sp³-hybridized carbons (Fsp3) is 0.583. The summed E-state index contributed by atoms with van der Waals surface area (Å²) in [6.45, 7) is 4.80. The Morgan fingerprint density at radius 2 is 1.95 bits per heavy atom. The molecular formula is C12H21N5O2. The monoisotopic (exact) mass is 267 g/mol. The largest absolute Gasteiger partial charge is 0.373 e. The molecule has 0 atom stereocenters. The summed E-state index contributed by atoms with van der Waals surface area (Å²) in [5, 5.41) is 16.8. The lowest BCUT2D eigenvalue weighted by Crippen LogP contribution is -2.44. The van der Waals surface area contributed by atoms with Crippen LogP contribution in [0.1, 0.15) is 13.8 Å². The van der Waals surface area contributed by atoms with Crippen LogP contribution in [0, 0.1) is 10.1 Å². The van der Waals surface area contributed by atoms with Crippen LogP contribution in [-0.2, 0) is 0 Å². The molecule has 1 rings (SSSR count). The van der Waals surface area contributed by atoms with Crippen molar-refractivity contribution in [1.82, 2.24) is 9.88 Å². The normalized spacial score (nSPS) is 11.5. The molecule has 0 saturated heterocycles. The second-order valence-corrected chi connectivity index (χ2v) is 5.16. The number of pyridine rings is 1. The third-order valence-corrected chi connectivity index (χ3v) is 3.19. The van der Waals surface area contributed by atoms with Crippen molar-refractivity contribution in [2.45, 2.75) is 19.4 Å². The van der Waals surface area contributed by atoms with Gasteiger partial charge in [-0.1, -0.05) is 0 Å². The molecule has 106 valence electrons. The zero-order chi connectivity index (χ0) is 14.6. The molecular weight excluding hydrogens is 246 g/mol. The van der Waals surface area contributed by atoms with Crippen LogP contribution in [0.3, 0.4) is 0 Å². The first kappa shape index (κ1) is 15.2. The van der Waals surface area contributed by atoms with Gasteiger partial charge in [0.15, 0.2) is 0 Å². The Balaban J connectivity index is 2.89. The second kappa shape index (κ2) is 5.83. The Morgan fingerprint density at radius 1 is 1.37 bits per heavy atom. The number of hydrogen-bond acceptors (Lipinski definition) is 6. The van der Waals surface area contributed by atoms with Crippen LogP contribution in [0.2, 0.25) is 0 Å². The summed E-state index contributed by atoms with van der Waals surface area (Å²) in [5.74, 6) is 0.966. The number of nitrogens with zero attached hydrogens (tertiary/aromatic N) is 3. The first-order valence-corrected chi connectivity index (χ1v) is 6.02. The maximum absolute atomic E-state index is 10.8. The second-order valence-electron chi connectivity index (χ2n) is 5.16. The van der Waals surface area contributed by atoms with E-state index >= 15 is 0 Å². The van der Waals surface area contributed by atoms with Crippen LogP contribution in [0.4, 0.5) is 17.3 Å². The molecule has 1 aromatic heterocycles. The molecule has 0 aliphatic rings. The van der Waals surface area contributed by atoms with Crippen LogP contribution in [0.5, 0.6) is 0 Å². The summed E-state index contributed by atoms with van der Waals surface area (Å²) in [4.78, 5) is 16.8. The maximum atomic E-state index is 10.8. The molecule has 0 bridgehead atoms. The molecule has 0 aromatic carbocycles. The van der Waals surface area contributed by atoms with E-state index in [4.69, 9.17) is 0 Å². The number of nitro groups is 1. The van der Waals surface area contributed by atoms with Crippen LogP contribution < -0.4 is 10.6 Å². The van der Waals surface area contributed by atoms with Gasteiger partial charge in [0.25, 0.3) is 5.69 Å². The van der Waals surface area contributed by atoms with Gasteiger partial charge in [-0.3, -0.25) is 10.1 Å². The van der Waals surface area contributed by atoms with Crippen molar-refractivity contribution in [2.24, 2.45) is 0 Å². The summed E-state index contributed by atoms with van der Waals surface area (Å²) in [6.07, 6.45) is 0. The van der Waals surface area contributed by atoms with Crippen molar-refractivity contribution in [1.29, 1.82) is 0 Å². The van der Waals surface area contributed by atoms with Gasteiger partial charge in [0.05, 0.1) is 17.1 Å². The van der Waals surface area contributed by atoms with Crippen LogP contribution in [0.15, 0.2) is 12.1 Å². The summed E-state index contributed by atoms with van der Waals surface area (Å²) in [7, 11) is 5.66. The topological polar surface area (TPSA) is 83.3 Å². The minimum atomic E-state index is -0.426. The first-order chi connectivity index (χ1) is 8.76. The van der Waals surface area contributed by atoms with Gasteiger partial charge in [-0.25, -0.2) is 4.98 Å². The zero-order valence-corrected chi connectivity index (χ0v) is 12.0. The predicted molar refractivity (Wildman–Crippen MR) is 76.7 cm³/mol. The molecule has 7 heteroatoms. The van der Waals surface area contributed by atoms with Crippen molar-refractivity contribution >= 4 is 17.3 Å². The van der Waals surface area contributed by atoms with Gasteiger partial charge in [-0.15, -0.1) is 0 Å². The number of likely N-dealkylation sites (N-methyl/N-ethyl adjacent to an activating group) is 1. The third-order valence-electron chi connectivity index (χ3n) is 3.19. The van der Waals surface area contributed by atoms with E-state index in [2.05, 4.69) is 34.4 Å². The van der Waals surface area contributed by atoms with Crippen LogP contribution >= 0.6 is 0 Å². The van der Waals surface area contributed by atoms with Crippen LogP contribution in [-0.4, -0.2) is 48.0 Å². The Kier molecular flexibility index (Phi) is 4.66. The standard InChI is InChI=1S/C12H21N5O2/c1-12(2,16(4)5)8-14-11-7-9(17(18)19)6-10(13-3)15-11/h6-7H,8H2,1-5H3,(H2,13,14,15). The van der Waals surface area contributed by atoms with E-state index < -0.39 is 4.92 Å². The van der Waals surface area contributed by atoms with E-state index in [1.807, 2.05) is 14.1 Å². The SMILES string of the molecule is CNc1cc([N+](=O)[O-])cc(NCC(C)(C)N(C)C)n1. The number of hydrogen-bond donors (Lipinski definition) is 2. The molecule has 2 N–H and O–H groups in total. The Bertz CT molecular complexity index is 459. The first-order valence-electron chi connectivity index (χ1n) is 6.02. The smallest absolute Gasteiger partial charge is 0.276 e. The average Bonchev–Trinajstić information content (AvgIpc) is 2.35. The summed E-state index contributed by atoms with van der Waals surface area (Å²) < 4.78 is 0. The van der Waals surface area contributed by atoms with Crippen molar-refractivity contribution in [3.8, 4) is 0 Å². The van der Waals surface area contributed by atoms with Gasteiger partial charge in [0, 0.05) is 19.1 Å². The van der Waals surface area contributed by atoms with Gasteiger partial charge in [-0.2, -0.15) is 0 Å². The van der Waals surface area contributed by atoms with Gasteiger partial charge < -0.3 is 15.5 Å². The number of aromatic nitrogens is 1. The predicted octanol–water partition coefficient (Wildman–Crippen LogP) is 1.78. The lowest BCUT2D eigenvalue weighted by molar-refractivity contribution is -0.384. The van der Waals surface area contributed by atoms with Crippen molar-refractivity contribution in [3.63, 3.8) is 0 Å². The molecule has 0 radical (unpaired) electrons. The minimum absolute atomic E-state index is 0.0181. The summed E-state index contributed by atoms with van der Waals surface area (Å²) in [5.41, 5.74) is -0.0592. The lowest BCUT2D eigenvalue weighted by atomic mass is 10.0. The highest BCUT2D eigenvalue weighted by Crippen LogP contribution is 2.21. The molecule has 0 aliphatic heterocycles. The molecule has 0 spiro atoms. The summed E-state index contributed by atoms with van der Waals surface area (Å²) in [6, 6.07) is 2.84. The molecule has 0 unspecified atom stereocenters. The van der Waals surface area contributed by atoms with E-state index in [9.17, 15) is 10.1 Å². The number of rotatable bonds is 6. The quantitative estimate of drug-likeness (QED) is 0.604. The van der Waals surface area contributed by atoms with Crippen molar-refractivity contribution in [3.05, 3.63) is 22.2 Å². The highest BCUT2D eigenvalue weighted by atomic mass is 16.6. The summed E-state index contributed by atoms with van der Waals surface area (Å²) >= 11 is 0. The van der Waals surface area contributed by atoms with Crippen LogP contribution in [0.25, 0.3) is 0 Å². The zero-order valence-electron chi connectivity index (χ0n) is 12.0. The molecule has 1 heterocycles. The van der Waals surface area contributed by atoms with E-state index in [1.54, 1.807) is 7.05 Å². The third kappa shape index (κ3) is 4.06. The molecule has 1 aromatic rings. The lowest BCUT2D eigenvalue weighted by Gasteiger charge is -2.32. The fourth-order valence-corrected chi connectivity index (χ4v) is 1.31. The average molecular weight is 267 g/mol. The maximum Gasteiger partial charge on any atom is 0.276 e. The van der Waals surface area contributed by atoms with Gasteiger partial charge in [0.1, 0.15) is 11.6 Å². The Morgan fingerprint density at radius 3 is 2.42 bits per heavy atom. The van der Waals surface area contributed by atoms with E-state index in [0.29, 0.717) is 18.2 Å². The van der Waals surface area contributed by atoms with Crippen molar-refractivity contribution < 1.29 is 4.92 Å². The van der Waals surface area contributed by atoms with Crippen molar-refractivity contribution in [2.75, 3.05) is 38.3 Å². The van der Waals surface area contributed by atoms with Gasteiger partial charge >= 0.3 is 0 Å². The molecule has 0 amide bonds. The molecule has 7 nitrogen and oxygen atoms in total. The fourth-order valence-electron chi connectivity index (χ4n) is 1.31. The number of nitrogens with one attached hydrogen (secondary N) is 2. The Labute approximate surface area is 113 Å². The van der Waals surface area contributed by atoms with E-state index in [1.165, 1.54) is 12.1 Å². The molecule has 0 saturated carbocycles. The number of anilines is 2. The van der Waals surface area contributed by atoms with Gasteiger partial charge in [-0.05, 0) is 27.9 Å². The molecule has 19 heavy (non-hydrogen) atoms. The highest BCUT2D eigenvalue weighted by Gasteiger charge is 2.20. The van der Waals surface area contributed by atoms with Gasteiger partial charge in [0.2, 0.25) is 0 Å².